The molecule has 0 saturated carbocycles. The molecule has 2 heterocycles. The average Bonchev–Trinajstić information content (AvgIpc) is 3.29. The molecule has 0 amide bonds. The number of hydrogen-bond acceptors (Lipinski definition) is 4. The molecule has 6 nitrogen and oxygen atoms in total. The van der Waals surface area contributed by atoms with E-state index in [1.54, 1.807) is 12.1 Å². The Bertz CT molecular complexity index is 1210. The number of para-hydroxylation sites is 1. The number of carboxylic acid groups (broad SMARTS) is 1. The van der Waals surface area contributed by atoms with Crippen molar-refractivity contribution in [2.75, 3.05) is 0 Å². The van der Waals surface area contributed by atoms with Gasteiger partial charge in [0.2, 0.25) is 0 Å². The molecule has 169 valence electrons. The number of rotatable bonds is 5. The van der Waals surface area contributed by atoms with Crippen molar-refractivity contribution in [1.82, 2.24) is 14.5 Å². The SMILES string of the molecule is CCc1cccc(CC)c1-n1cc(C#N)nc1-c1[c-]cccc1.O=C(O)c1ccccn1.[Ir]. The van der Waals surface area contributed by atoms with Gasteiger partial charge in [0, 0.05) is 38.2 Å². The van der Waals surface area contributed by atoms with Gasteiger partial charge in [-0.25, -0.2) is 9.78 Å². The second kappa shape index (κ2) is 12.4. The van der Waals surface area contributed by atoms with Crippen molar-refractivity contribution in [3.8, 4) is 23.1 Å². The van der Waals surface area contributed by atoms with Gasteiger partial charge in [0.1, 0.15) is 17.5 Å². The zero-order valence-corrected chi connectivity index (χ0v) is 20.7. The van der Waals surface area contributed by atoms with Gasteiger partial charge in [-0.3, -0.25) is 4.98 Å². The molecule has 2 aromatic carbocycles. The van der Waals surface area contributed by atoms with E-state index in [9.17, 15) is 10.1 Å². The van der Waals surface area contributed by atoms with Crippen molar-refractivity contribution in [3.05, 3.63) is 102 Å². The Morgan fingerprint density at radius 2 is 1.76 bits per heavy atom. The Morgan fingerprint density at radius 3 is 2.24 bits per heavy atom. The Hall–Kier alpha value is -3.59. The molecule has 4 rings (SSSR count). The van der Waals surface area contributed by atoms with Gasteiger partial charge in [-0.1, -0.05) is 38.1 Å². The van der Waals surface area contributed by atoms with Crippen LogP contribution in [0, 0.1) is 17.4 Å². The summed E-state index contributed by atoms with van der Waals surface area (Å²) < 4.78 is 2.04. The molecular weight excluding hydrogens is 593 g/mol. The summed E-state index contributed by atoms with van der Waals surface area (Å²) in [6.07, 6.45) is 5.13. The van der Waals surface area contributed by atoms with E-state index in [2.05, 4.69) is 54.2 Å². The molecule has 2 aromatic heterocycles. The summed E-state index contributed by atoms with van der Waals surface area (Å²) in [4.78, 5) is 18.2. The third-order valence-corrected chi connectivity index (χ3v) is 4.86. The first-order valence-corrected chi connectivity index (χ1v) is 10.3. The van der Waals surface area contributed by atoms with Crippen molar-refractivity contribution >= 4 is 5.97 Å². The molecule has 33 heavy (non-hydrogen) atoms. The normalized spacial score (nSPS) is 9.73. The molecule has 0 atom stereocenters. The van der Waals surface area contributed by atoms with E-state index in [4.69, 9.17) is 5.11 Å². The summed E-state index contributed by atoms with van der Waals surface area (Å²) in [5.74, 6) is -0.228. The van der Waals surface area contributed by atoms with Gasteiger partial charge in [0.25, 0.3) is 0 Å². The standard InChI is InChI=1S/C20H18N3.C6H5NO2.Ir/c1-3-15-11-8-12-16(4-2)19(15)23-14-18(13-21)22-20(23)17-9-6-5-7-10-17;8-6(9)5-3-1-2-4-7-5;/h5-9,11-12,14H,3-4H2,1-2H3;1-4H,(H,8,9);/q-1;;. The number of pyridine rings is 1. The summed E-state index contributed by atoms with van der Waals surface area (Å²) in [5, 5.41) is 17.6. The summed E-state index contributed by atoms with van der Waals surface area (Å²) in [5.41, 5.74) is 5.04. The number of nitriles is 1. The summed E-state index contributed by atoms with van der Waals surface area (Å²) in [6, 6.07) is 24.2. The number of imidazole rings is 1. The van der Waals surface area contributed by atoms with Gasteiger partial charge in [0.05, 0.1) is 5.82 Å². The molecule has 0 aliphatic rings. The molecule has 0 spiro atoms. The number of aromatic carboxylic acids is 1. The molecule has 7 heteroatoms. The average molecular weight is 616 g/mol. The van der Waals surface area contributed by atoms with Crippen LogP contribution in [0.3, 0.4) is 0 Å². The van der Waals surface area contributed by atoms with E-state index in [-0.39, 0.29) is 25.8 Å². The fraction of sp³-hybridized carbons (Fsp3) is 0.154. The molecule has 0 saturated heterocycles. The first kappa shape index (κ1) is 25.7. The number of aryl methyl sites for hydroxylation is 2. The Kier molecular flexibility index (Phi) is 9.68. The van der Waals surface area contributed by atoms with Crippen LogP contribution >= 0.6 is 0 Å². The summed E-state index contributed by atoms with van der Waals surface area (Å²) in [6.45, 7) is 4.30. The quantitative estimate of drug-likeness (QED) is 0.315. The van der Waals surface area contributed by atoms with Crippen LogP contribution in [0.1, 0.15) is 41.2 Å². The number of aromatic nitrogens is 3. The van der Waals surface area contributed by atoms with Gasteiger partial charge in [-0.2, -0.15) is 5.26 Å². The van der Waals surface area contributed by atoms with Crippen molar-refractivity contribution < 1.29 is 30.0 Å². The molecule has 0 bridgehead atoms. The minimum atomic E-state index is -0.990. The molecule has 0 unspecified atom stereocenters. The van der Waals surface area contributed by atoms with E-state index in [1.807, 2.05) is 35.0 Å². The topological polar surface area (TPSA) is 91.8 Å². The largest absolute Gasteiger partial charge is 0.477 e. The fourth-order valence-corrected chi connectivity index (χ4v) is 3.34. The second-order valence-electron chi connectivity index (χ2n) is 6.86. The molecule has 0 fully saturated rings. The van der Waals surface area contributed by atoms with E-state index < -0.39 is 5.97 Å². The van der Waals surface area contributed by atoms with E-state index in [1.165, 1.54) is 23.4 Å². The maximum atomic E-state index is 10.1. The fourth-order valence-electron chi connectivity index (χ4n) is 3.34. The van der Waals surface area contributed by atoms with Gasteiger partial charge >= 0.3 is 5.97 Å². The molecular formula is C26H23IrN4O2-. The van der Waals surface area contributed by atoms with Crippen LogP contribution in [0.4, 0.5) is 0 Å². The van der Waals surface area contributed by atoms with Gasteiger partial charge < -0.3 is 9.67 Å². The van der Waals surface area contributed by atoms with E-state index in [0.717, 1.165) is 29.9 Å². The van der Waals surface area contributed by atoms with Crippen molar-refractivity contribution in [2.45, 2.75) is 26.7 Å². The minimum absolute atomic E-state index is 0. The van der Waals surface area contributed by atoms with Crippen LogP contribution in [-0.2, 0) is 32.9 Å². The number of hydrogen-bond donors (Lipinski definition) is 1. The zero-order valence-electron chi connectivity index (χ0n) is 18.3. The Balaban J connectivity index is 0.000000326. The maximum absolute atomic E-state index is 10.1. The van der Waals surface area contributed by atoms with Crippen LogP contribution in [0.2, 0.25) is 0 Å². The molecule has 1 N–H and O–H groups in total. The van der Waals surface area contributed by atoms with E-state index >= 15 is 0 Å². The monoisotopic (exact) mass is 616 g/mol. The number of carbonyl (C=O) groups is 1. The number of nitrogens with zero attached hydrogens (tertiary/aromatic N) is 4. The van der Waals surface area contributed by atoms with Crippen LogP contribution in [0.5, 0.6) is 0 Å². The number of benzene rings is 2. The van der Waals surface area contributed by atoms with Gasteiger partial charge in [0.15, 0.2) is 0 Å². The molecule has 4 aromatic rings. The summed E-state index contributed by atoms with van der Waals surface area (Å²) >= 11 is 0. The van der Waals surface area contributed by atoms with E-state index in [0.29, 0.717) is 5.69 Å². The first-order valence-electron chi connectivity index (χ1n) is 10.3. The Labute approximate surface area is 206 Å². The number of carboxylic acids is 1. The van der Waals surface area contributed by atoms with Gasteiger partial charge in [-0.15, -0.1) is 35.9 Å². The third-order valence-electron chi connectivity index (χ3n) is 4.86. The van der Waals surface area contributed by atoms with Crippen molar-refractivity contribution in [2.24, 2.45) is 0 Å². The second-order valence-corrected chi connectivity index (χ2v) is 6.86. The van der Waals surface area contributed by atoms with Crippen molar-refractivity contribution in [3.63, 3.8) is 0 Å². The van der Waals surface area contributed by atoms with Gasteiger partial charge in [-0.05, 0) is 36.1 Å². The smallest absolute Gasteiger partial charge is 0.354 e. The molecule has 0 aliphatic carbocycles. The third kappa shape index (κ3) is 6.23. The predicted octanol–water partition coefficient (Wildman–Crippen LogP) is 5.11. The van der Waals surface area contributed by atoms with Crippen LogP contribution in [0.25, 0.3) is 17.1 Å². The molecule has 0 aliphatic heterocycles. The van der Waals surface area contributed by atoms with Crippen LogP contribution in [0.15, 0.2) is 73.1 Å². The van der Waals surface area contributed by atoms with Crippen molar-refractivity contribution in [1.29, 1.82) is 5.26 Å². The Morgan fingerprint density at radius 1 is 1.06 bits per heavy atom. The van der Waals surface area contributed by atoms with Crippen LogP contribution < -0.4 is 0 Å². The maximum Gasteiger partial charge on any atom is 0.354 e. The van der Waals surface area contributed by atoms with Crippen LogP contribution in [-0.4, -0.2) is 25.6 Å². The zero-order chi connectivity index (χ0) is 22.9. The molecule has 1 radical (unpaired) electrons. The predicted molar refractivity (Wildman–Crippen MR) is 123 cm³/mol. The summed E-state index contributed by atoms with van der Waals surface area (Å²) in [7, 11) is 0. The first-order chi connectivity index (χ1) is 15.6. The minimum Gasteiger partial charge on any atom is -0.477 e.